The van der Waals surface area contributed by atoms with Gasteiger partial charge in [0.2, 0.25) is 5.91 Å². The average Bonchev–Trinajstić information content (AvgIpc) is 2.69. The van der Waals surface area contributed by atoms with Gasteiger partial charge in [-0.1, -0.05) is 11.8 Å². The topological polar surface area (TPSA) is 70.7 Å². The Morgan fingerprint density at radius 2 is 2.22 bits per heavy atom. The van der Waals surface area contributed by atoms with Crippen LogP contribution >= 0.6 is 24.2 Å². The molecule has 18 heavy (non-hydrogen) atoms. The van der Waals surface area contributed by atoms with Crippen LogP contribution in [0.15, 0.2) is 0 Å². The first-order chi connectivity index (χ1) is 8.24. The van der Waals surface area contributed by atoms with Crippen LogP contribution in [0.25, 0.3) is 0 Å². The monoisotopic (exact) mass is 297 g/mol. The van der Waals surface area contributed by atoms with Gasteiger partial charge in [0.05, 0.1) is 6.61 Å². The molecule has 0 radical (unpaired) electrons. The molecule has 0 spiro atoms. The summed E-state index contributed by atoms with van der Waals surface area (Å²) in [6.07, 6.45) is 0. The van der Waals surface area contributed by atoms with Crippen LogP contribution in [-0.4, -0.2) is 68.2 Å². The molecule has 0 bridgehead atoms. The van der Waals surface area contributed by atoms with E-state index in [9.17, 15) is 9.59 Å². The molecule has 0 atom stereocenters. The number of carbonyl (C=O) groups is 2. The van der Waals surface area contributed by atoms with Gasteiger partial charge in [-0.05, 0) is 0 Å². The number of methoxy groups -OCH3 is 1. The first kappa shape index (κ1) is 17.5. The normalized spacial score (nSPS) is 14.5. The van der Waals surface area contributed by atoms with E-state index in [2.05, 4.69) is 10.6 Å². The summed E-state index contributed by atoms with van der Waals surface area (Å²) in [6, 6.07) is 0. The molecule has 2 amide bonds. The van der Waals surface area contributed by atoms with Crippen molar-refractivity contribution in [1.82, 2.24) is 15.5 Å². The van der Waals surface area contributed by atoms with E-state index in [1.54, 1.807) is 12.0 Å². The summed E-state index contributed by atoms with van der Waals surface area (Å²) in [5.74, 6) is 0.680. The van der Waals surface area contributed by atoms with E-state index in [0.717, 1.165) is 12.3 Å². The zero-order valence-corrected chi connectivity index (χ0v) is 12.1. The van der Waals surface area contributed by atoms with Crippen LogP contribution in [0.5, 0.6) is 0 Å². The number of nitrogens with zero attached hydrogens (tertiary/aromatic N) is 1. The quantitative estimate of drug-likeness (QED) is 0.614. The summed E-state index contributed by atoms with van der Waals surface area (Å²) in [5, 5.41) is 5.88. The van der Waals surface area contributed by atoms with E-state index in [1.807, 2.05) is 0 Å². The lowest BCUT2D eigenvalue weighted by Gasteiger charge is -2.14. The number of amides is 2. The molecule has 0 aromatic carbocycles. The molecule has 1 saturated heterocycles. The van der Waals surface area contributed by atoms with Gasteiger partial charge in [0.1, 0.15) is 6.54 Å². The van der Waals surface area contributed by atoms with Gasteiger partial charge in [-0.15, -0.1) is 12.4 Å². The highest BCUT2D eigenvalue weighted by molar-refractivity contribution is 8.13. The third-order valence-corrected chi connectivity index (χ3v) is 3.18. The van der Waals surface area contributed by atoms with Crippen LogP contribution in [0.3, 0.4) is 0 Å². The van der Waals surface area contributed by atoms with Crippen molar-refractivity contribution in [2.24, 2.45) is 0 Å². The maximum Gasteiger partial charge on any atom is 0.282 e. The minimum atomic E-state index is -0.102. The van der Waals surface area contributed by atoms with Crippen molar-refractivity contribution in [3.63, 3.8) is 0 Å². The van der Waals surface area contributed by atoms with Crippen molar-refractivity contribution in [1.29, 1.82) is 0 Å². The number of carbonyl (C=O) groups excluding carboxylic acids is 2. The molecule has 2 N–H and O–H groups in total. The van der Waals surface area contributed by atoms with Gasteiger partial charge in [-0.3, -0.25) is 9.59 Å². The lowest BCUT2D eigenvalue weighted by molar-refractivity contribution is -0.121. The first-order valence-electron chi connectivity index (χ1n) is 5.62. The third kappa shape index (κ3) is 7.05. The Morgan fingerprint density at radius 1 is 1.44 bits per heavy atom. The zero-order chi connectivity index (χ0) is 12.5. The van der Waals surface area contributed by atoms with Gasteiger partial charge in [-0.2, -0.15) is 0 Å². The number of hydrogen-bond donors (Lipinski definition) is 2. The van der Waals surface area contributed by atoms with Crippen molar-refractivity contribution in [2.45, 2.75) is 0 Å². The maximum absolute atomic E-state index is 11.5. The number of ether oxygens (including phenoxy) is 1. The Hall–Kier alpha value is -0.500. The number of rotatable bonds is 8. The number of hydrogen-bond acceptors (Lipinski definition) is 5. The van der Waals surface area contributed by atoms with E-state index in [0.29, 0.717) is 26.2 Å². The fourth-order valence-electron chi connectivity index (χ4n) is 1.39. The second-order valence-electron chi connectivity index (χ2n) is 3.63. The highest BCUT2D eigenvalue weighted by Gasteiger charge is 2.22. The minimum absolute atomic E-state index is 0. The van der Waals surface area contributed by atoms with Crippen molar-refractivity contribution >= 4 is 35.3 Å². The van der Waals surface area contributed by atoms with E-state index in [-0.39, 0.29) is 30.1 Å². The fourth-order valence-corrected chi connectivity index (χ4v) is 2.21. The lowest BCUT2D eigenvalue weighted by Crippen LogP contribution is -2.40. The van der Waals surface area contributed by atoms with Crippen LogP contribution in [0.2, 0.25) is 0 Å². The SMILES string of the molecule is COCCNCCNC(=O)CN1CCSC1=O.Cl. The Morgan fingerprint density at radius 3 is 2.83 bits per heavy atom. The smallest absolute Gasteiger partial charge is 0.282 e. The molecule has 6 nitrogen and oxygen atoms in total. The Bertz CT molecular complexity index is 269. The molecule has 0 saturated carbocycles. The van der Waals surface area contributed by atoms with E-state index >= 15 is 0 Å². The van der Waals surface area contributed by atoms with E-state index in [4.69, 9.17) is 4.74 Å². The van der Waals surface area contributed by atoms with Crippen LogP contribution in [0.4, 0.5) is 4.79 Å². The van der Waals surface area contributed by atoms with Gasteiger partial charge >= 0.3 is 0 Å². The van der Waals surface area contributed by atoms with Gasteiger partial charge in [-0.25, -0.2) is 0 Å². The van der Waals surface area contributed by atoms with Crippen molar-refractivity contribution in [3.8, 4) is 0 Å². The molecule has 8 heteroatoms. The van der Waals surface area contributed by atoms with E-state index in [1.165, 1.54) is 11.8 Å². The molecule has 1 aliphatic rings. The number of thioether (sulfide) groups is 1. The van der Waals surface area contributed by atoms with E-state index < -0.39 is 0 Å². The largest absolute Gasteiger partial charge is 0.383 e. The molecule has 0 aromatic heterocycles. The van der Waals surface area contributed by atoms with Crippen LogP contribution in [0, 0.1) is 0 Å². The van der Waals surface area contributed by atoms with Crippen LogP contribution < -0.4 is 10.6 Å². The molecular weight excluding hydrogens is 278 g/mol. The second-order valence-corrected chi connectivity index (χ2v) is 4.67. The summed E-state index contributed by atoms with van der Waals surface area (Å²) in [7, 11) is 1.65. The van der Waals surface area contributed by atoms with Crippen LogP contribution in [0.1, 0.15) is 0 Å². The molecule has 1 fully saturated rings. The summed E-state index contributed by atoms with van der Waals surface area (Å²) >= 11 is 1.27. The predicted molar refractivity (Wildman–Crippen MR) is 74.4 cm³/mol. The molecule has 0 unspecified atom stereocenters. The average molecular weight is 298 g/mol. The Labute approximate surface area is 118 Å². The molecule has 1 aliphatic heterocycles. The minimum Gasteiger partial charge on any atom is -0.383 e. The second kappa shape index (κ2) is 10.4. The molecule has 1 heterocycles. The standard InChI is InChI=1S/C10H19N3O3S.ClH/c1-16-6-4-11-2-3-12-9(14)8-13-5-7-17-10(13)15;/h11H,2-8H2,1H3,(H,12,14);1H. The molecule has 106 valence electrons. The van der Waals surface area contributed by atoms with Gasteiger partial charge in [0.15, 0.2) is 0 Å². The molecule has 0 aromatic rings. The fraction of sp³-hybridized carbons (Fsp3) is 0.800. The third-order valence-electron chi connectivity index (χ3n) is 2.29. The van der Waals surface area contributed by atoms with Crippen molar-refractivity contribution in [3.05, 3.63) is 0 Å². The zero-order valence-electron chi connectivity index (χ0n) is 10.4. The first-order valence-corrected chi connectivity index (χ1v) is 6.60. The number of nitrogens with one attached hydrogen (secondary N) is 2. The van der Waals surface area contributed by atoms with Crippen molar-refractivity contribution < 1.29 is 14.3 Å². The molecular formula is C10H20ClN3O3S. The summed E-state index contributed by atoms with van der Waals surface area (Å²) < 4.78 is 4.87. The van der Waals surface area contributed by atoms with Crippen molar-refractivity contribution in [2.75, 3.05) is 52.2 Å². The molecule has 0 aliphatic carbocycles. The Kier molecular flexibility index (Phi) is 10.1. The number of halogens is 1. The Balaban J connectivity index is 0.00000289. The summed E-state index contributed by atoms with van der Waals surface area (Å²) in [4.78, 5) is 24.3. The summed E-state index contributed by atoms with van der Waals surface area (Å²) in [6.45, 7) is 3.55. The van der Waals surface area contributed by atoms with Crippen LogP contribution in [-0.2, 0) is 9.53 Å². The van der Waals surface area contributed by atoms with Gasteiger partial charge in [0, 0.05) is 39.0 Å². The highest BCUT2D eigenvalue weighted by atomic mass is 35.5. The lowest BCUT2D eigenvalue weighted by atomic mass is 10.4. The molecule has 1 rings (SSSR count). The van der Waals surface area contributed by atoms with Gasteiger partial charge in [0.25, 0.3) is 5.24 Å². The maximum atomic E-state index is 11.5. The highest BCUT2D eigenvalue weighted by Crippen LogP contribution is 2.16. The predicted octanol–water partition coefficient (Wildman–Crippen LogP) is -0.0708. The van der Waals surface area contributed by atoms with Gasteiger partial charge < -0.3 is 20.3 Å². The summed E-state index contributed by atoms with van der Waals surface area (Å²) in [5.41, 5.74) is 0.